The number of anilines is 9. The van der Waals surface area contributed by atoms with Gasteiger partial charge in [0.2, 0.25) is 0 Å². The molecule has 87 heavy (non-hydrogen) atoms. The quantitative estimate of drug-likeness (QED) is 0.149. The lowest BCUT2D eigenvalue weighted by Crippen LogP contribution is -2.60. The fraction of sp³-hybridized carbons (Fsp3) is 0.150. The van der Waals surface area contributed by atoms with Gasteiger partial charge in [0.25, 0.3) is 6.71 Å². The van der Waals surface area contributed by atoms with E-state index in [1.165, 1.54) is 53.7 Å². The first-order valence-corrected chi connectivity index (χ1v) is 31.3. The molecule has 0 spiro atoms. The fourth-order valence-corrected chi connectivity index (χ4v) is 15.1. The van der Waals surface area contributed by atoms with E-state index in [9.17, 15) is 0 Å². The molecular weight excluding hydrogens is 1080 g/mol. The highest BCUT2D eigenvalue weighted by Crippen LogP contribution is 2.54. The molecule has 0 unspecified atom stereocenters. The molecule has 2 aliphatic rings. The molecule has 0 saturated heterocycles. The minimum Gasteiger partial charge on any atom is -0.454 e. The normalized spacial score (nSPS) is 13.3. The molecule has 0 radical (unpaired) electrons. The van der Waals surface area contributed by atoms with Crippen LogP contribution < -0.4 is 30.4 Å². The lowest BCUT2D eigenvalue weighted by molar-refractivity contribution is 0.590. The molecule has 422 valence electrons. The molecule has 0 fully saturated rings. The third-order valence-corrected chi connectivity index (χ3v) is 19.5. The Morgan fingerprint density at radius 2 is 0.897 bits per heavy atom. The second-order valence-corrected chi connectivity index (χ2v) is 28.0. The molecule has 2 aliphatic heterocycles. The summed E-state index contributed by atoms with van der Waals surface area (Å²) in [5.74, 6) is 0. The summed E-state index contributed by atoms with van der Waals surface area (Å²) in [6.45, 7) is 20.6. The number of benzene rings is 11. The Morgan fingerprint density at radius 1 is 0.379 bits per heavy atom. The van der Waals surface area contributed by atoms with Gasteiger partial charge in [-0.05, 0) is 145 Å². The molecule has 0 atom stereocenters. The molecule has 0 aliphatic carbocycles. The van der Waals surface area contributed by atoms with Crippen LogP contribution in [0.2, 0.25) is 0 Å². The first-order valence-electron chi connectivity index (χ1n) is 30.5. The molecule has 14 aromatic rings. The Labute approximate surface area is 513 Å². The van der Waals surface area contributed by atoms with Crippen LogP contribution in [-0.4, -0.2) is 6.71 Å². The third-order valence-electron chi connectivity index (χ3n) is 18.3. The monoisotopic (exact) mass is 1140 g/mol. The molecule has 3 aromatic heterocycles. The molecule has 5 nitrogen and oxygen atoms in total. The predicted octanol–water partition coefficient (Wildman–Crippen LogP) is 21.5. The molecule has 7 heteroatoms. The van der Waals surface area contributed by atoms with Gasteiger partial charge in [0.15, 0.2) is 11.2 Å². The zero-order valence-electron chi connectivity index (χ0n) is 50.7. The van der Waals surface area contributed by atoms with Crippen molar-refractivity contribution in [3.05, 3.63) is 253 Å². The van der Waals surface area contributed by atoms with Crippen molar-refractivity contribution in [1.29, 1.82) is 0 Å². The highest BCUT2D eigenvalue weighted by molar-refractivity contribution is 7.33. The highest BCUT2D eigenvalue weighted by atomic mass is 32.1. The van der Waals surface area contributed by atoms with Crippen molar-refractivity contribution in [2.75, 3.05) is 14.7 Å². The molecule has 0 N–H and O–H groups in total. The average molecular weight is 1140 g/mol. The number of fused-ring (bicyclic) bond motifs is 12. The molecular formula is C80H66BN3O2S. The smallest absolute Gasteiger partial charge is 0.264 e. The van der Waals surface area contributed by atoms with Crippen LogP contribution in [0, 0.1) is 0 Å². The van der Waals surface area contributed by atoms with E-state index in [1.54, 1.807) is 0 Å². The van der Waals surface area contributed by atoms with Gasteiger partial charge in [-0.25, -0.2) is 0 Å². The van der Waals surface area contributed by atoms with E-state index in [4.69, 9.17) is 8.83 Å². The predicted molar refractivity (Wildman–Crippen MR) is 372 cm³/mol. The van der Waals surface area contributed by atoms with Gasteiger partial charge < -0.3 is 23.5 Å². The van der Waals surface area contributed by atoms with Gasteiger partial charge in [-0.3, -0.25) is 0 Å². The zero-order chi connectivity index (χ0) is 59.3. The number of para-hydroxylation sites is 4. The van der Waals surface area contributed by atoms with Crippen LogP contribution in [0.15, 0.2) is 245 Å². The van der Waals surface area contributed by atoms with Crippen LogP contribution in [0.4, 0.5) is 51.2 Å². The molecule has 0 saturated carbocycles. The Morgan fingerprint density at radius 3 is 1.52 bits per heavy atom. The number of thiophene rings is 1. The van der Waals surface area contributed by atoms with E-state index in [1.807, 2.05) is 11.3 Å². The standard InChI is InChI=1S/C80H66BN3O2S/c1-78(2,3)52-34-38-55(39-35-52)82(64-42-36-53(79(4,5)6)46-61(64)50-24-14-11-15-25-50)56-40-41-63-67(48-56)83(65-30-20-28-59-57-26-16-18-32-70(57)85-75(59)65)68-44-51(49-22-12-10-13-23-49)45-69-73(68)81(63)77-74(62-47-54(80(7,8)9)37-43-72(62)87-77)84(69)66-31-21-29-60-58-27-17-19-33-71(58)86-76(60)66/h10-48H,1-9H3. The highest BCUT2D eigenvalue weighted by Gasteiger charge is 2.47. The van der Waals surface area contributed by atoms with E-state index >= 15 is 0 Å². The van der Waals surface area contributed by atoms with Crippen molar-refractivity contribution in [3.8, 4) is 22.3 Å². The summed E-state index contributed by atoms with van der Waals surface area (Å²) in [5.41, 5.74) is 23.8. The topological polar surface area (TPSA) is 36.0 Å². The summed E-state index contributed by atoms with van der Waals surface area (Å²) >= 11 is 1.92. The van der Waals surface area contributed by atoms with Gasteiger partial charge in [-0.1, -0.05) is 214 Å². The maximum absolute atomic E-state index is 7.17. The largest absolute Gasteiger partial charge is 0.454 e. The lowest BCUT2D eigenvalue weighted by atomic mass is 9.36. The van der Waals surface area contributed by atoms with Crippen molar-refractivity contribution in [1.82, 2.24) is 0 Å². The van der Waals surface area contributed by atoms with Gasteiger partial charge >= 0.3 is 0 Å². The molecule has 11 aromatic carbocycles. The second kappa shape index (κ2) is 19.5. The maximum atomic E-state index is 7.17. The molecule has 0 bridgehead atoms. The number of hydrogen-bond acceptors (Lipinski definition) is 6. The summed E-state index contributed by atoms with van der Waals surface area (Å²) in [6.07, 6.45) is 0. The van der Waals surface area contributed by atoms with E-state index in [0.717, 1.165) is 106 Å². The summed E-state index contributed by atoms with van der Waals surface area (Å²) in [6, 6.07) is 88.0. The lowest BCUT2D eigenvalue weighted by Gasteiger charge is -2.43. The number of rotatable bonds is 7. The van der Waals surface area contributed by atoms with Crippen LogP contribution in [0.3, 0.4) is 0 Å². The van der Waals surface area contributed by atoms with Gasteiger partial charge in [0, 0.05) is 70.4 Å². The van der Waals surface area contributed by atoms with Crippen LogP contribution in [-0.2, 0) is 16.2 Å². The van der Waals surface area contributed by atoms with Gasteiger partial charge in [-0.2, -0.15) is 0 Å². The Bertz CT molecular complexity index is 5070. The van der Waals surface area contributed by atoms with Crippen molar-refractivity contribution in [2.24, 2.45) is 0 Å². The van der Waals surface area contributed by atoms with Gasteiger partial charge in [0.1, 0.15) is 11.2 Å². The van der Waals surface area contributed by atoms with Crippen LogP contribution in [0.5, 0.6) is 0 Å². The summed E-state index contributed by atoms with van der Waals surface area (Å²) in [7, 11) is 0. The maximum Gasteiger partial charge on any atom is 0.264 e. The first-order chi connectivity index (χ1) is 42.0. The summed E-state index contributed by atoms with van der Waals surface area (Å²) in [4.78, 5) is 7.61. The van der Waals surface area contributed by atoms with Crippen molar-refractivity contribution < 1.29 is 8.83 Å². The van der Waals surface area contributed by atoms with E-state index in [2.05, 4.69) is 314 Å². The molecule has 0 amide bonds. The van der Waals surface area contributed by atoms with Crippen LogP contribution in [0.1, 0.15) is 79.0 Å². The Kier molecular flexibility index (Phi) is 11.9. The Balaban J connectivity index is 1.04. The number of nitrogens with zero attached hydrogens (tertiary/aromatic N) is 3. The zero-order valence-corrected chi connectivity index (χ0v) is 51.5. The van der Waals surface area contributed by atoms with Gasteiger partial charge in [0.05, 0.1) is 22.7 Å². The van der Waals surface area contributed by atoms with E-state index in [0.29, 0.717) is 0 Å². The number of furan rings is 2. The summed E-state index contributed by atoms with van der Waals surface area (Å²) < 4.78 is 16.8. The second-order valence-electron chi connectivity index (χ2n) is 26.9. The van der Waals surface area contributed by atoms with Gasteiger partial charge in [-0.15, -0.1) is 11.3 Å². The SMILES string of the molecule is CC(C)(C)c1ccc(N(c2ccc3c(c2)N(c2cccc4c2oc2ccccc24)c2cc(-c4ccccc4)cc4c2B3c2sc3ccc(C(C)(C)C)cc3c2N4c2cccc3c2oc2ccccc23)c2ccc(C(C)(C)C)cc2-c2ccccc2)cc1. The third kappa shape index (κ3) is 8.49. The average Bonchev–Trinajstić information content (AvgIpc) is 1.71. The molecule has 16 rings (SSSR count). The number of hydrogen-bond donors (Lipinski definition) is 0. The first kappa shape index (κ1) is 53.0. The van der Waals surface area contributed by atoms with Crippen molar-refractivity contribution in [2.45, 2.75) is 78.6 Å². The Hall–Kier alpha value is -9.56. The van der Waals surface area contributed by atoms with E-state index < -0.39 is 0 Å². The molecule has 5 heterocycles. The fourth-order valence-electron chi connectivity index (χ4n) is 13.8. The summed E-state index contributed by atoms with van der Waals surface area (Å²) in [5, 5.41) is 5.59. The van der Waals surface area contributed by atoms with Crippen molar-refractivity contribution in [3.63, 3.8) is 0 Å². The van der Waals surface area contributed by atoms with E-state index in [-0.39, 0.29) is 23.0 Å². The minimum absolute atomic E-state index is 0.0321. The van der Waals surface area contributed by atoms with Crippen LogP contribution >= 0.6 is 11.3 Å². The van der Waals surface area contributed by atoms with Crippen LogP contribution in [0.25, 0.3) is 76.2 Å². The minimum atomic E-state index is -0.169. The van der Waals surface area contributed by atoms with Crippen molar-refractivity contribution >= 4 is 139 Å².